The third-order valence-corrected chi connectivity index (χ3v) is 13.8. The number of likely N-dealkylation sites (tertiary alicyclic amines) is 1. The van der Waals surface area contributed by atoms with Crippen LogP contribution in [-0.2, 0) is 33.8 Å². The SMILES string of the molecule is O=C(O)NC(Cc1ccc(OCCCCCCNC(=O)CNc2cc(C(=O)NC[C@H](O)CN3CCc4ccccc4C3)ncn2)cc1)C(=O)N1C/C(=C\c2ccc(Cl)c(Cl)c2)C(=O)/C(=C/c2ccc(Cl)c(Cl)c2)C1. The topological polar surface area (TPSA) is 215 Å². The summed E-state index contributed by atoms with van der Waals surface area (Å²) in [5.41, 5.74) is 5.12. The zero-order valence-electron chi connectivity index (χ0n) is 40.3. The van der Waals surface area contributed by atoms with E-state index in [2.05, 4.69) is 48.3 Å². The Morgan fingerprint density at radius 1 is 0.757 bits per heavy atom. The number of β-amino-alcohol motifs (C(OH)–C–C–N with tert-alkyl or cyclic N) is 1. The van der Waals surface area contributed by atoms with E-state index >= 15 is 0 Å². The Balaban J connectivity index is 0.808. The minimum Gasteiger partial charge on any atom is -0.494 e. The van der Waals surface area contributed by atoms with E-state index in [1.165, 1.54) is 28.4 Å². The molecule has 0 aliphatic carbocycles. The van der Waals surface area contributed by atoms with Crippen LogP contribution in [0.3, 0.4) is 0 Å². The van der Waals surface area contributed by atoms with Gasteiger partial charge in [0, 0.05) is 69.4 Å². The first-order chi connectivity index (χ1) is 35.7. The van der Waals surface area contributed by atoms with Crippen molar-refractivity contribution in [2.45, 2.75) is 57.2 Å². The molecule has 20 heteroatoms. The number of halogens is 4. The Labute approximate surface area is 449 Å². The Morgan fingerprint density at radius 3 is 2.08 bits per heavy atom. The van der Waals surface area contributed by atoms with Gasteiger partial charge in [-0.1, -0.05) is 108 Å². The highest BCUT2D eigenvalue weighted by atomic mass is 35.5. The van der Waals surface area contributed by atoms with Gasteiger partial charge in [0.25, 0.3) is 5.91 Å². The molecule has 1 fully saturated rings. The molecule has 2 aliphatic heterocycles. The number of Topliss-reactive ketones (excluding diaryl/α,β-unsaturated/α-hetero) is 1. The van der Waals surface area contributed by atoms with Crippen LogP contribution in [0.1, 0.15) is 64.0 Å². The van der Waals surface area contributed by atoms with Gasteiger partial charge in [-0.15, -0.1) is 0 Å². The zero-order valence-corrected chi connectivity index (χ0v) is 43.3. The summed E-state index contributed by atoms with van der Waals surface area (Å²) in [7, 11) is 0. The fourth-order valence-electron chi connectivity index (χ4n) is 8.51. The van der Waals surface area contributed by atoms with Gasteiger partial charge in [0.1, 0.15) is 29.6 Å². The standard InChI is InChI=1S/C54H56Cl4N8O8/c55-43-15-11-35(23-45(43)57)21-39-30-66(31-40(51(39)69)22-36-12-16-44(56)46(58)24-36)53(71)48(64-54(72)73)25-34-9-13-42(14-10-34)74-20-6-2-1-5-18-59-50(68)28-60-49-26-47(62-33-63-49)52(70)61-27-41(67)32-65-19-17-37-7-3-4-8-38(37)29-65/h3-4,7-16,21-24,26,33,41,48,64,67H,1-2,5-6,17-20,25,27-32H2,(H,59,68)(H,61,70)(H,72,73)(H,60,62,63)/b39-21+,40-22+/t41-,48?/m0/s1. The highest BCUT2D eigenvalue weighted by molar-refractivity contribution is 6.42. The summed E-state index contributed by atoms with van der Waals surface area (Å²) in [4.78, 5) is 77.1. The van der Waals surface area contributed by atoms with Gasteiger partial charge in [-0.2, -0.15) is 0 Å². The van der Waals surface area contributed by atoms with Crippen LogP contribution in [-0.4, -0.2) is 124 Å². The van der Waals surface area contributed by atoms with Gasteiger partial charge in [-0.05, 0) is 95.6 Å². The van der Waals surface area contributed by atoms with Crippen molar-refractivity contribution in [1.29, 1.82) is 0 Å². The van der Waals surface area contributed by atoms with Gasteiger partial charge in [0.15, 0.2) is 5.78 Å². The van der Waals surface area contributed by atoms with Gasteiger partial charge in [0.2, 0.25) is 11.8 Å². The molecule has 1 unspecified atom stereocenters. The van der Waals surface area contributed by atoms with Crippen LogP contribution in [0.25, 0.3) is 12.2 Å². The van der Waals surface area contributed by atoms with E-state index in [0.29, 0.717) is 68.0 Å². The smallest absolute Gasteiger partial charge is 0.405 e. The van der Waals surface area contributed by atoms with Gasteiger partial charge in [0.05, 0.1) is 39.3 Å². The molecular formula is C54H56Cl4N8O8. The lowest BCUT2D eigenvalue weighted by Gasteiger charge is -2.33. The third kappa shape index (κ3) is 16.5. The summed E-state index contributed by atoms with van der Waals surface area (Å²) in [6.07, 6.45) is 6.57. The number of hydrogen-bond acceptors (Lipinski definition) is 11. The van der Waals surface area contributed by atoms with E-state index in [1.54, 1.807) is 72.8 Å². The predicted octanol–water partition coefficient (Wildman–Crippen LogP) is 8.16. The van der Waals surface area contributed by atoms with Crippen molar-refractivity contribution in [3.05, 3.63) is 162 Å². The molecule has 1 saturated heterocycles. The molecule has 0 saturated carbocycles. The van der Waals surface area contributed by atoms with Gasteiger partial charge >= 0.3 is 6.09 Å². The number of nitrogens with zero attached hydrogens (tertiary/aromatic N) is 4. The van der Waals surface area contributed by atoms with Gasteiger partial charge in [-0.25, -0.2) is 14.8 Å². The molecule has 6 N–H and O–H groups in total. The average molecular weight is 1090 g/mol. The van der Waals surface area contributed by atoms with Crippen molar-refractivity contribution in [3.8, 4) is 5.75 Å². The molecular weight excluding hydrogens is 1030 g/mol. The molecule has 0 bridgehead atoms. The molecule has 4 aromatic carbocycles. The first-order valence-electron chi connectivity index (χ1n) is 24.1. The molecule has 16 nitrogen and oxygen atoms in total. The number of benzene rings is 4. The van der Waals surface area contributed by atoms with Crippen LogP contribution in [0.2, 0.25) is 20.1 Å². The number of carboxylic acid groups (broad SMARTS) is 1. The summed E-state index contributed by atoms with van der Waals surface area (Å²) < 4.78 is 5.95. The summed E-state index contributed by atoms with van der Waals surface area (Å²) in [5, 5.41) is 32.6. The highest BCUT2D eigenvalue weighted by Crippen LogP contribution is 2.29. The maximum Gasteiger partial charge on any atom is 0.405 e. The number of fused-ring (bicyclic) bond motifs is 1. The predicted molar refractivity (Wildman–Crippen MR) is 287 cm³/mol. The highest BCUT2D eigenvalue weighted by Gasteiger charge is 2.34. The molecule has 2 aliphatic rings. The van der Waals surface area contributed by atoms with E-state index in [9.17, 15) is 34.2 Å². The quantitative estimate of drug-likeness (QED) is 0.0286. The van der Waals surface area contributed by atoms with Crippen LogP contribution in [0.4, 0.5) is 10.6 Å². The molecule has 1 aromatic heterocycles. The Hall–Kier alpha value is -6.53. The molecule has 4 amide bonds. The van der Waals surface area contributed by atoms with Crippen molar-refractivity contribution in [1.82, 2.24) is 35.7 Å². The maximum absolute atomic E-state index is 14.2. The summed E-state index contributed by atoms with van der Waals surface area (Å²) in [6.45, 7) is 2.81. The van der Waals surface area contributed by atoms with E-state index < -0.39 is 30.1 Å². The van der Waals surface area contributed by atoms with Crippen LogP contribution >= 0.6 is 46.4 Å². The number of anilines is 1. The van der Waals surface area contributed by atoms with Crippen molar-refractivity contribution >= 4 is 94.0 Å². The number of rotatable bonds is 22. The largest absolute Gasteiger partial charge is 0.494 e. The van der Waals surface area contributed by atoms with Crippen molar-refractivity contribution in [2.24, 2.45) is 0 Å². The number of ether oxygens (including phenoxy) is 1. The lowest BCUT2D eigenvalue weighted by molar-refractivity contribution is -0.133. The maximum atomic E-state index is 14.2. The minimum atomic E-state index is -1.38. The molecule has 0 spiro atoms. The summed E-state index contributed by atoms with van der Waals surface area (Å²) >= 11 is 24.8. The fourth-order valence-corrected chi connectivity index (χ4v) is 9.13. The van der Waals surface area contributed by atoms with Crippen LogP contribution in [0.15, 0.2) is 108 Å². The van der Waals surface area contributed by atoms with E-state index in [4.69, 9.17) is 51.1 Å². The average Bonchev–Trinajstić information content (AvgIpc) is 3.39. The lowest BCUT2D eigenvalue weighted by atomic mass is 9.93. The number of amides is 4. The second-order valence-electron chi connectivity index (χ2n) is 17.9. The number of ketones is 1. The summed E-state index contributed by atoms with van der Waals surface area (Å²) in [5.74, 6) is -0.585. The second-order valence-corrected chi connectivity index (χ2v) is 19.6. The number of hydrogen-bond donors (Lipinski definition) is 6. The Morgan fingerprint density at radius 2 is 1.42 bits per heavy atom. The number of carbonyl (C=O) groups is 5. The van der Waals surface area contributed by atoms with Crippen molar-refractivity contribution in [3.63, 3.8) is 0 Å². The number of aromatic nitrogens is 2. The number of aliphatic hydroxyl groups is 1. The number of unbranched alkanes of at least 4 members (excludes halogenated alkanes) is 3. The number of piperidine rings is 1. The van der Waals surface area contributed by atoms with Crippen LogP contribution in [0.5, 0.6) is 5.75 Å². The number of aliphatic hydroxyl groups excluding tert-OH is 1. The first kappa shape index (κ1) is 55.2. The van der Waals surface area contributed by atoms with Gasteiger partial charge < -0.3 is 41.1 Å². The van der Waals surface area contributed by atoms with E-state index in [0.717, 1.165) is 45.2 Å². The molecule has 0 radical (unpaired) electrons. The molecule has 5 aromatic rings. The molecule has 74 heavy (non-hydrogen) atoms. The normalized spacial score (nSPS) is 15.5. The number of nitrogens with one attached hydrogen (secondary N) is 4. The van der Waals surface area contributed by atoms with Crippen molar-refractivity contribution in [2.75, 3.05) is 57.7 Å². The van der Waals surface area contributed by atoms with Crippen LogP contribution < -0.4 is 26.0 Å². The van der Waals surface area contributed by atoms with Crippen LogP contribution in [0, 0.1) is 0 Å². The van der Waals surface area contributed by atoms with Gasteiger partial charge in [-0.3, -0.25) is 24.1 Å². The molecule has 7 rings (SSSR count). The molecule has 388 valence electrons. The zero-order chi connectivity index (χ0) is 52.6. The minimum absolute atomic E-state index is 0.0310. The van der Waals surface area contributed by atoms with E-state index in [-0.39, 0.29) is 61.1 Å². The molecule has 2 atom stereocenters. The second kappa shape index (κ2) is 27.1. The third-order valence-electron chi connectivity index (χ3n) is 12.3. The summed E-state index contributed by atoms with van der Waals surface area (Å²) in [6, 6.07) is 25.4. The Bertz CT molecular complexity index is 2810. The first-order valence-corrected chi connectivity index (χ1v) is 25.6. The molecule has 3 heterocycles. The Kier molecular flexibility index (Phi) is 20.3. The van der Waals surface area contributed by atoms with E-state index in [1.807, 2.05) is 12.1 Å². The van der Waals surface area contributed by atoms with Crippen molar-refractivity contribution < 1.29 is 38.9 Å². The monoisotopic (exact) mass is 1080 g/mol. The lowest BCUT2D eigenvalue weighted by Crippen LogP contribution is -2.52. The number of carbonyl (C=O) groups excluding carboxylic acids is 4. The fraction of sp³-hybridized carbons (Fsp3) is 0.315.